The number of halogens is 2. The second kappa shape index (κ2) is 6.45. The molecule has 0 aliphatic rings. The molecule has 21 heavy (non-hydrogen) atoms. The van der Waals surface area contributed by atoms with E-state index in [9.17, 15) is 9.18 Å². The zero-order valence-corrected chi connectivity index (χ0v) is 11.9. The van der Waals surface area contributed by atoms with Crippen LogP contribution in [0.5, 0.6) is 11.5 Å². The number of carboxylic acid groups (broad SMARTS) is 1. The predicted octanol–water partition coefficient (Wildman–Crippen LogP) is 3.76. The van der Waals surface area contributed by atoms with Gasteiger partial charge in [-0.25, -0.2) is 9.18 Å². The molecule has 0 aliphatic heterocycles. The van der Waals surface area contributed by atoms with Crippen molar-refractivity contribution in [3.05, 3.63) is 58.4 Å². The Morgan fingerprint density at radius 3 is 2.71 bits per heavy atom. The second-order valence-electron chi connectivity index (χ2n) is 4.19. The van der Waals surface area contributed by atoms with Gasteiger partial charge in [-0.2, -0.15) is 0 Å². The molecule has 0 saturated carbocycles. The summed E-state index contributed by atoms with van der Waals surface area (Å²) >= 11 is 5.79. The second-order valence-corrected chi connectivity index (χ2v) is 4.63. The summed E-state index contributed by atoms with van der Waals surface area (Å²) in [4.78, 5) is 11.2. The van der Waals surface area contributed by atoms with Crippen LogP contribution in [0.4, 0.5) is 4.39 Å². The molecule has 2 aromatic rings. The maximum absolute atomic E-state index is 13.6. The van der Waals surface area contributed by atoms with Gasteiger partial charge in [0.1, 0.15) is 29.5 Å². The third-order valence-electron chi connectivity index (χ3n) is 2.81. The highest BCUT2D eigenvalue weighted by Gasteiger charge is 2.14. The zero-order valence-electron chi connectivity index (χ0n) is 11.1. The molecule has 2 aromatic carbocycles. The van der Waals surface area contributed by atoms with E-state index in [0.29, 0.717) is 10.8 Å². The molecule has 0 aliphatic carbocycles. The van der Waals surface area contributed by atoms with Gasteiger partial charge < -0.3 is 14.6 Å². The molecule has 1 N–H and O–H groups in total. The van der Waals surface area contributed by atoms with E-state index < -0.39 is 11.8 Å². The number of ether oxygens (including phenoxy) is 2. The summed E-state index contributed by atoms with van der Waals surface area (Å²) in [5.41, 5.74) is 0.187. The topological polar surface area (TPSA) is 55.8 Å². The molecule has 0 amide bonds. The van der Waals surface area contributed by atoms with Crippen LogP contribution in [0, 0.1) is 5.82 Å². The van der Waals surface area contributed by atoms with E-state index in [1.807, 2.05) is 0 Å². The highest BCUT2D eigenvalue weighted by molar-refractivity contribution is 6.30. The largest absolute Gasteiger partial charge is 0.497 e. The van der Waals surface area contributed by atoms with Crippen LogP contribution in [-0.4, -0.2) is 18.2 Å². The van der Waals surface area contributed by atoms with Crippen molar-refractivity contribution in [2.75, 3.05) is 7.11 Å². The average molecular weight is 311 g/mol. The standard InChI is InChI=1S/C15H12ClFO4/c1-20-11-3-5-14(12(7-11)15(18)19)21-8-9-6-10(16)2-4-13(9)17/h2-7H,8H2,1H3,(H,18,19). The molecule has 2 rings (SSSR count). The Kier molecular flexibility index (Phi) is 4.65. The van der Waals surface area contributed by atoms with Crippen LogP contribution in [0.15, 0.2) is 36.4 Å². The number of aromatic carboxylic acids is 1. The van der Waals surface area contributed by atoms with Crippen LogP contribution < -0.4 is 9.47 Å². The van der Waals surface area contributed by atoms with Crippen molar-refractivity contribution in [1.82, 2.24) is 0 Å². The SMILES string of the molecule is COc1ccc(OCc2cc(Cl)ccc2F)c(C(=O)O)c1. The molecule has 0 radical (unpaired) electrons. The summed E-state index contributed by atoms with van der Waals surface area (Å²) in [6.07, 6.45) is 0. The quantitative estimate of drug-likeness (QED) is 0.913. The predicted molar refractivity (Wildman–Crippen MR) is 75.7 cm³/mol. The van der Waals surface area contributed by atoms with E-state index in [1.165, 1.54) is 37.4 Å². The number of hydrogen-bond donors (Lipinski definition) is 1. The van der Waals surface area contributed by atoms with Crippen molar-refractivity contribution in [1.29, 1.82) is 0 Å². The minimum absolute atomic E-state index is 0.0585. The molecule has 0 fully saturated rings. The Bertz CT molecular complexity index is 673. The fraction of sp³-hybridized carbons (Fsp3) is 0.133. The molecule has 4 nitrogen and oxygen atoms in total. The van der Waals surface area contributed by atoms with Crippen molar-refractivity contribution in [3.63, 3.8) is 0 Å². The molecule has 0 bridgehead atoms. The van der Waals surface area contributed by atoms with E-state index >= 15 is 0 Å². The van der Waals surface area contributed by atoms with Crippen LogP contribution in [0.2, 0.25) is 5.02 Å². The number of carboxylic acids is 1. The van der Waals surface area contributed by atoms with Gasteiger partial charge in [0, 0.05) is 10.6 Å². The van der Waals surface area contributed by atoms with Gasteiger partial charge >= 0.3 is 5.97 Å². The first-order valence-corrected chi connectivity index (χ1v) is 6.37. The van der Waals surface area contributed by atoms with E-state index in [4.69, 9.17) is 26.2 Å². The van der Waals surface area contributed by atoms with Crippen LogP contribution in [0.25, 0.3) is 0 Å². The van der Waals surface area contributed by atoms with Crippen molar-refractivity contribution < 1.29 is 23.8 Å². The van der Waals surface area contributed by atoms with Crippen LogP contribution >= 0.6 is 11.6 Å². The van der Waals surface area contributed by atoms with Gasteiger partial charge in [-0.1, -0.05) is 11.6 Å². The summed E-state index contributed by atoms with van der Waals surface area (Å²) in [5, 5.41) is 9.53. The third-order valence-corrected chi connectivity index (χ3v) is 3.04. The minimum atomic E-state index is -1.16. The Morgan fingerprint density at radius 1 is 1.29 bits per heavy atom. The number of carbonyl (C=O) groups is 1. The van der Waals surface area contributed by atoms with Gasteiger partial charge in [0.25, 0.3) is 0 Å². The fourth-order valence-electron chi connectivity index (χ4n) is 1.74. The molecule has 0 atom stereocenters. The summed E-state index contributed by atoms with van der Waals surface area (Å²) in [6, 6.07) is 8.46. The van der Waals surface area contributed by atoms with Crippen molar-refractivity contribution in [2.45, 2.75) is 6.61 Å². The van der Waals surface area contributed by atoms with E-state index in [1.54, 1.807) is 6.07 Å². The number of benzene rings is 2. The lowest BCUT2D eigenvalue weighted by molar-refractivity contribution is 0.0691. The van der Waals surface area contributed by atoms with E-state index in [-0.39, 0.29) is 23.5 Å². The van der Waals surface area contributed by atoms with Gasteiger partial charge in [-0.15, -0.1) is 0 Å². The van der Waals surface area contributed by atoms with E-state index in [0.717, 1.165) is 0 Å². The lowest BCUT2D eigenvalue weighted by Gasteiger charge is -2.11. The van der Waals surface area contributed by atoms with Crippen LogP contribution in [0.1, 0.15) is 15.9 Å². The lowest BCUT2D eigenvalue weighted by atomic mass is 10.2. The summed E-state index contributed by atoms with van der Waals surface area (Å²) in [5.74, 6) is -1.10. The Labute approximate surface area is 125 Å². The Balaban J connectivity index is 2.23. The summed E-state index contributed by atoms with van der Waals surface area (Å²) in [6.45, 7) is -0.126. The molecular weight excluding hydrogens is 299 g/mol. The lowest BCUT2D eigenvalue weighted by Crippen LogP contribution is -2.05. The number of methoxy groups -OCH3 is 1. The van der Waals surface area contributed by atoms with Crippen molar-refractivity contribution >= 4 is 17.6 Å². The van der Waals surface area contributed by atoms with Gasteiger partial charge in [0.05, 0.1) is 7.11 Å². The van der Waals surface area contributed by atoms with Gasteiger partial charge in [-0.3, -0.25) is 0 Å². The molecule has 0 unspecified atom stereocenters. The summed E-state index contributed by atoms with van der Waals surface area (Å²) in [7, 11) is 1.43. The maximum atomic E-state index is 13.6. The average Bonchev–Trinajstić information content (AvgIpc) is 2.48. The Morgan fingerprint density at radius 2 is 2.05 bits per heavy atom. The summed E-state index contributed by atoms with van der Waals surface area (Å²) < 4.78 is 23.9. The van der Waals surface area contributed by atoms with E-state index in [2.05, 4.69) is 0 Å². The molecule has 0 aromatic heterocycles. The first kappa shape index (κ1) is 15.1. The first-order chi connectivity index (χ1) is 10.0. The van der Waals surface area contributed by atoms with Crippen LogP contribution in [-0.2, 0) is 6.61 Å². The third kappa shape index (κ3) is 3.64. The fourth-order valence-corrected chi connectivity index (χ4v) is 1.93. The normalized spacial score (nSPS) is 10.2. The molecule has 110 valence electrons. The zero-order chi connectivity index (χ0) is 15.4. The molecule has 0 saturated heterocycles. The first-order valence-electron chi connectivity index (χ1n) is 5.99. The number of hydrogen-bond acceptors (Lipinski definition) is 3. The van der Waals surface area contributed by atoms with Gasteiger partial charge in [0.2, 0.25) is 0 Å². The van der Waals surface area contributed by atoms with Gasteiger partial charge in [-0.05, 0) is 36.4 Å². The number of rotatable bonds is 5. The molecular formula is C15H12ClFO4. The van der Waals surface area contributed by atoms with Crippen LogP contribution in [0.3, 0.4) is 0 Å². The molecule has 0 heterocycles. The Hall–Kier alpha value is -2.27. The smallest absolute Gasteiger partial charge is 0.339 e. The maximum Gasteiger partial charge on any atom is 0.339 e. The highest BCUT2D eigenvalue weighted by atomic mass is 35.5. The monoisotopic (exact) mass is 310 g/mol. The molecule has 0 spiro atoms. The van der Waals surface area contributed by atoms with Crippen molar-refractivity contribution in [2.24, 2.45) is 0 Å². The minimum Gasteiger partial charge on any atom is -0.497 e. The highest BCUT2D eigenvalue weighted by Crippen LogP contribution is 2.26. The van der Waals surface area contributed by atoms with Crippen molar-refractivity contribution in [3.8, 4) is 11.5 Å². The molecule has 6 heteroatoms. The van der Waals surface area contributed by atoms with Gasteiger partial charge in [0.15, 0.2) is 0 Å².